The number of hydrogen-bond donors (Lipinski definition) is 2. The molecule has 3 aromatic carbocycles. The number of carbonyl (C=O) groups excluding carboxylic acids is 1. The molecular formula is C33H38N2O8. The molecule has 0 spiro atoms. The van der Waals surface area contributed by atoms with Crippen molar-refractivity contribution in [2.24, 2.45) is 11.8 Å². The zero-order valence-electron chi connectivity index (χ0n) is 24.7. The Kier molecular flexibility index (Phi) is 8.34. The van der Waals surface area contributed by atoms with Gasteiger partial charge in [0.1, 0.15) is 0 Å². The summed E-state index contributed by atoms with van der Waals surface area (Å²) < 4.78 is 28.2. The van der Waals surface area contributed by atoms with Crippen molar-refractivity contribution in [3.63, 3.8) is 0 Å². The summed E-state index contributed by atoms with van der Waals surface area (Å²) in [6.07, 6.45) is -1.08. The van der Waals surface area contributed by atoms with Crippen molar-refractivity contribution in [1.29, 1.82) is 0 Å². The second kappa shape index (κ2) is 12.3. The van der Waals surface area contributed by atoms with Gasteiger partial charge < -0.3 is 38.8 Å². The van der Waals surface area contributed by atoms with Crippen molar-refractivity contribution < 1.29 is 38.7 Å². The molecule has 3 aromatic rings. The maximum absolute atomic E-state index is 14.5. The number of aliphatic hydroxyl groups is 2. The van der Waals surface area contributed by atoms with Crippen LogP contribution in [0.1, 0.15) is 34.3 Å². The van der Waals surface area contributed by atoms with E-state index in [1.54, 1.807) is 27.4 Å². The van der Waals surface area contributed by atoms with E-state index in [0.29, 0.717) is 47.4 Å². The molecule has 1 fully saturated rings. The molecule has 3 aliphatic rings. The number of ether oxygens (including phenoxy) is 5. The summed E-state index contributed by atoms with van der Waals surface area (Å²) in [5.41, 5.74) is 3.30. The van der Waals surface area contributed by atoms with Crippen molar-refractivity contribution in [3.05, 3.63) is 76.9 Å². The second-order valence-electron chi connectivity index (χ2n) is 11.2. The van der Waals surface area contributed by atoms with Gasteiger partial charge in [0.15, 0.2) is 23.0 Å². The maximum Gasteiger partial charge on any atom is 0.231 e. The minimum atomic E-state index is -1.08. The lowest BCUT2D eigenvalue weighted by Gasteiger charge is -2.44. The van der Waals surface area contributed by atoms with E-state index < -0.39 is 23.9 Å². The summed E-state index contributed by atoms with van der Waals surface area (Å²) in [5, 5.41) is 22.3. The lowest BCUT2D eigenvalue weighted by molar-refractivity contribution is -0.144. The average molecular weight is 591 g/mol. The maximum atomic E-state index is 14.5. The Balaban J connectivity index is 1.39. The summed E-state index contributed by atoms with van der Waals surface area (Å²) in [4.78, 5) is 18.7. The predicted molar refractivity (Wildman–Crippen MR) is 158 cm³/mol. The van der Waals surface area contributed by atoms with Crippen LogP contribution in [0, 0.1) is 11.8 Å². The van der Waals surface area contributed by atoms with Crippen LogP contribution in [0.2, 0.25) is 0 Å². The minimum absolute atomic E-state index is 0.0716. The standard InChI is InChI=1S/C33H38N2O8/c1-39-27-13-21(14-28(40-2)32(27)41-3)29-22-15-25-26(43-19-42-25)16-23(22)31(37)24(18-36)30(29)33(38)35-11-9-34(10-12-35)17-20-7-5-4-6-8-20/h4-8,13-16,24,29-31,36-37H,9-12,17-19H2,1-3H3. The Morgan fingerprint density at radius 1 is 0.884 bits per heavy atom. The van der Waals surface area contributed by atoms with Crippen molar-refractivity contribution in [2.75, 3.05) is 60.9 Å². The van der Waals surface area contributed by atoms with Crippen LogP contribution in [0.5, 0.6) is 28.7 Å². The normalized spacial score (nSPS) is 23.0. The molecule has 4 atom stereocenters. The summed E-state index contributed by atoms with van der Waals surface area (Å²) in [7, 11) is 4.64. The van der Waals surface area contributed by atoms with Gasteiger partial charge in [0, 0.05) is 51.2 Å². The Morgan fingerprint density at radius 3 is 2.09 bits per heavy atom. The van der Waals surface area contributed by atoms with E-state index in [9.17, 15) is 15.0 Å². The first kappa shape index (κ1) is 29.1. The highest BCUT2D eigenvalue weighted by Gasteiger charge is 2.49. The lowest BCUT2D eigenvalue weighted by atomic mass is 9.64. The van der Waals surface area contributed by atoms with Gasteiger partial charge in [-0.05, 0) is 46.5 Å². The van der Waals surface area contributed by atoms with Crippen LogP contribution < -0.4 is 23.7 Å². The number of nitrogens with zero attached hydrogens (tertiary/aromatic N) is 2. The van der Waals surface area contributed by atoms with Crippen LogP contribution in [0.25, 0.3) is 0 Å². The lowest BCUT2D eigenvalue weighted by Crippen LogP contribution is -2.53. The predicted octanol–water partition coefficient (Wildman–Crippen LogP) is 3.19. The Labute approximate surface area is 251 Å². The molecule has 2 aliphatic heterocycles. The fourth-order valence-electron chi connectivity index (χ4n) is 6.75. The molecule has 6 rings (SSSR count). The first-order chi connectivity index (χ1) is 21.0. The van der Waals surface area contributed by atoms with Gasteiger partial charge in [-0.15, -0.1) is 0 Å². The summed E-state index contributed by atoms with van der Waals surface area (Å²) in [6.45, 7) is 3.06. The summed E-state index contributed by atoms with van der Waals surface area (Å²) >= 11 is 0. The van der Waals surface area contributed by atoms with Crippen molar-refractivity contribution >= 4 is 5.91 Å². The molecule has 0 saturated carbocycles. The number of benzene rings is 3. The number of rotatable bonds is 8. The highest BCUT2D eigenvalue weighted by molar-refractivity contribution is 5.82. The third-order valence-electron chi connectivity index (χ3n) is 8.93. The second-order valence-corrected chi connectivity index (χ2v) is 11.2. The number of hydrogen-bond acceptors (Lipinski definition) is 9. The van der Waals surface area contributed by atoms with Crippen LogP contribution in [0.3, 0.4) is 0 Å². The van der Waals surface area contributed by atoms with Gasteiger partial charge in [0.05, 0.1) is 33.4 Å². The molecule has 228 valence electrons. The Bertz CT molecular complexity index is 1430. The van der Waals surface area contributed by atoms with Crippen molar-refractivity contribution in [2.45, 2.75) is 18.6 Å². The van der Waals surface area contributed by atoms with Gasteiger partial charge in [-0.3, -0.25) is 9.69 Å². The van der Waals surface area contributed by atoms with E-state index in [-0.39, 0.29) is 19.3 Å². The topological polar surface area (TPSA) is 110 Å². The molecular weight excluding hydrogens is 552 g/mol. The smallest absolute Gasteiger partial charge is 0.231 e. The Hall–Kier alpha value is -3.99. The van der Waals surface area contributed by atoms with E-state index in [0.717, 1.165) is 30.8 Å². The summed E-state index contributed by atoms with van der Waals surface area (Å²) in [5.74, 6) is 0.227. The van der Waals surface area contributed by atoms with Crippen LogP contribution in [-0.2, 0) is 11.3 Å². The fraction of sp³-hybridized carbons (Fsp3) is 0.424. The molecule has 10 nitrogen and oxygen atoms in total. The SMILES string of the molecule is COc1cc(C2c3cc4c(cc3C(O)C(CO)C2C(=O)N2CCN(Cc3ccccc3)CC2)OCO4)cc(OC)c1OC. The molecule has 0 bridgehead atoms. The number of fused-ring (bicyclic) bond motifs is 2. The van der Waals surface area contributed by atoms with Crippen LogP contribution in [0.15, 0.2) is 54.6 Å². The third-order valence-corrected chi connectivity index (χ3v) is 8.93. The summed E-state index contributed by atoms with van der Waals surface area (Å²) in [6, 6.07) is 17.6. The molecule has 1 saturated heterocycles. The van der Waals surface area contributed by atoms with E-state index in [1.165, 1.54) is 5.56 Å². The van der Waals surface area contributed by atoms with Crippen molar-refractivity contribution in [1.82, 2.24) is 9.80 Å². The zero-order valence-corrected chi connectivity index (χ0v) is 24.7. The van der Waals surface area contributed by atoms with Crippen molar-refractivity contribution in [3.8, 4) is 28.7 Å². The number of amides is 1. The Morgan fingerprint density at radius 2 is 1.51 bits per heavy atom. The number of aliphatic hydroxyl groups excluding tert-OH is 2. The van der Waals surface area contributed by atoms with Crippen LogP contribution in [0.4, 0.5) is 0 Å². The van der Waals surface area contributed by atoms with Gasteiger partial charge >= 0.3 is 0 Å². The molecule has 4 unspecified atom stereocenters. The molecule has 2 heterocycles. The van der Waals surface area contributed by atoms with E-state index in [1.807, 2.05) is 41.3 Å². The average Bonchev–Trinajstić information content (AvgIpc) is 3.51. The van der Waals surface area contributed by atoms with Gasteiger partial charge in [0.25, 0.3) is 0 Å². The van der Waals surface area contributed by atoms with E-state index in [2.05, 4.69) is 17.0 Å². The van der Waals surface area contributed by atoms with Gasteiger partial charge in [-0.2, -0.15) is 0 Å². The molecule has 1 aliphatic carbocycles. The number of carbonyl (C=O) groups is 1. The number of piperazine rings is 1. The molecule has 2 N–H and O–H groups in total. The number of methoxy groups -OCH3 is 3. The van der Waals surface area contributed by atoms with E-state index in [4.69, 9.17) is 23.7 Å². The molecule has 1 amide bonds. The third kappa shape index (κ3) is 5.35. The molecule has 43 heavy (non-hydrogen) atoms. The fourth-order valence-corrected chi connectivity index (χ4v) is 6.75. The van der Waals surface area contributed by atoms with Gasteiger partial charge in [-0.25, -0.2) is 0 Å². The highest BCUT2D eigenvalue weighted by Crippen LogP contribution is 2.54. The zero-order chi connectivity index (χ0) is 30.1. The highest BCUT2D eigenvalue weighted by atomic mass is 16.7. The molecule has 0 aromatic heterocycles. The largest absolute Gasteiger partial charge is 0.493 e. The van der Waals surface area contributed by atoms with Gasteiger partial charge in [-0.1, -0.05) is 30.3 Å². The van der Waals surface area contributed by atoms with Gasteiger partial charge in [0.2, 0.25) is 18.4 Å². The van der Waals surface area contributed by atoms with E-state index >= 15 is 0 Å². The quantitative estimate of drug-likeness (QED) is 0.409. The minimum Gasteiger partial charge on any atom is -0.493 e. The van der Waals surface area contributed by atoms with Crippen LogP contribution in [-0.4, -0.2) is 86.8 Å². The molecule has 10 heteroatoms. The van der Waals surface area contributed by atoms with Crippen LogP contribution >= 0.6 is 0 Å². The molecule has 0 radical (unpaired) electrons. The first-order valence-electron chi connectivity index (χ1n) is 14.5. The monoisotopic (exact) mass is 590 g/mol. The first-order valence-corrected chi connectivity index (χ1v) is 14.5.